The zero-order valence-electron chi connectivity index (χ0n) is 9.47. The van der Waals surface area contributed by atoms with Crippen molar-refractivity contribution in [3.63, 3.8) is 0 Å². The number of nitrogens with zero attached hydrogens (tertiary/aromatic N) is 1. The van der Waals surface area contributed by atoms with Crippen LogP contribution in [0.2, 0.25) is 0 Å². The van der Waals surface area contributed by atoms with Crippen LogP contribution in [0.3, 0.4) is 0 Å². The first-order valence-electron chi connectivity index (χ1n) is 5.09. The minimum atomic E-state index is 0.213. The predicted octanol–water partition coefficient (Wildman–Crippen LogP) is 3.37. The molecule has 0 aromatic heterocycles. The smallest absolute Gasteiger partial charge is 0.0874 e. The number of hydrogen-bond donors (Lipinski definition) is 0. The van der Waals surface area contributed by atoms with Gasteiger partial charge in [-0.1, -0.05) is 13.8 Å². The zero-order chi connectivity index (χ0) is 10.4. The molecule has 0 aliphatic rings. The van der Waals surface area contributed by atoms with Gasteiger partial charge in [-0.15, -0.1) is 0 Å². The Labute approximate surface area is 81.6 Å². The molecule has 13 heavy (non-hydrogen) atoms. The van der Waals surface area contributed by atoms with E-state index in [1.165, 1.54) is 0 Å². The Kier molecular flexibility index (Phi) is 5.97. The van der Waals surface area contributed by atoms with Crippen molar-refractivity contribution in [2.75, 3.05) is 7.05 Å². The molecular weight excluding hydrogens is 165 g/mol. The lowest BCUT2D eigenvalue weighted by molar-refractivity contribution is 0.210. The van der Waals surface area contributed by atoms with E-state index in [9.17, 15) is 4.39 Å². The maximum absolute atomic E-state index is 12.4. The van der Waals surface area contributed by atoms with Crippen molar-refractivity contribution >= 4 is 0 Å². The minimum absolute atomic E-state index is 0.213. The molecule has 0 heterocycles. The monoisotopic (exact) mass is 187 g/mol. The molecule has 0 amide bonds. The maximum atomic E-state index is 12.4. The van der Waals surface area contributed by atoms with E-state index in [0.29, 0.717) is 6.04 Å². The van der Waals surface area contributed by atoms with Crippen molar-refractivity contribution in [1.82, 2.24) is 4.90 Å². The molecule has 0 aliphatic carbocycles. The van der Waals surface area contributed by atoms with E-state index in [1.807, 2.05) is 6.92 Å². The summed E-state index contributed by atoms with van der Waals surface area (Å²) in [4.78, 5) is 2.22. The Hall–Kier alpha value is -0.370. The number of halogens is 1. The summed E-state index contributed by atoms with van der Waals surface area (Å²) >= 11 is 0. The summed E-state index contributed by atoms with van der Waals surface area (Å²) in [5.74, 6) is 0. The van der Waals surface area contributed by atoms with Crippen molar-refractivity contribution in [1.29, 1.82) is 0 Å². The summed E-state index contributed by atoms with van der Waals surface area (Å²) in [6.45, 7) is 8.37. The van der Waals surface area contributed by atoms with E-state index in [4.69, 9.17) is 0 Å². The second-order valence-electron chi connectivity index (χ2n) is 3.64. The molecule has 0 aromatic carbocycles. The molecule has 0 fully saturated rings. The van der Waals surface area contributed by atoms with Crippen LogP contribution in [-0.2, 0) is 0 Å². The third kappa shape index (κ3) is 3.47. The van der Waals surface area contributed by atoms with Crippen molar-refractivity contribution < 1.29 is 4.39 Å². The van der Waals surface area contributed by atoms with Gasteiger partial charge in [-0.05, 0) is 39.3 Å². The molecule has 0 radical (unpaired) electrons. The normalized spacial score (nSPS) is 17.6. The van der Waals surface area contributed by atoms with Crippen molar-refractivity contribution in [2.45, 2.75) is 52.6 Å². The van der Waals surface area contributed by atoms with Crippen LogP contribution in [0.25, 0.3) is 0 Å². The molecule has 0 aromatic rings. The Bertz CT molecular complexity index is 165. The average Bonchev–Trinajstić information content (AvgIpc) is 2.17. The van der Waals surface area contributed by atoms with Crippen molar-refractivity contribution in [2.24, 2.45) is 0 Å². The van der Waals surface area contributed by atoms with Gasteiger partial charge in [-0.25, -0.2) is 4.39 Å². The largest absolute Gasteiger partial charge is 0.297 e. The highest BCUT2D eigenvalue weighted by atomic mass is 19.1. The summed E-state index contributed by atoms with van der Waals surface area (Å²) in [7, 11) is 2.05. The van der Waals surface area contributed by atoms with Crippen LogP contribution in [0.4, 0.5) is 4.39 Å². The first-order chi connectivity index (χ1) is 6.08. The lowest BCUT2D eigenvalue weighted by atomic mass is 10.0. The van der Waals surface area contributed by atoms with Crippen molar-refractivity contribution in [3.8, 4) is 0 Å². The lowest BCUT2D eigenvalue weighted by Gasteiger charge is -2.31. The topological polar surface area (TPSA) is 3.24 Å². The maximum Gasteiger partial charge on any atom is 0.0874 e. The fourth-order valence-corrected chi connectivity index (χ4v) is 1.39. The molecule has 0 rings (SSSR count). The van der Waals surface area contributed by atoms with E-state index in [-0.39, 0.29) is 6.04 Å². The predicted molar refractivity (Wildman–Crippen MR) is 56.5 cm³/mol. The quantitative estimate of drug-likeness (QED) is 0.638. The highest BCUT2D eigenvalue weighted by Gasteiger charge is 2.16. The molecule has 2 atom stereocenters. The second-order valence-corrected chi connectivity index (χ2v) is 3.64. The van der Waals surface area contributed by atoms with Gasteiger partial charge >= 0.3 is 0 Å². The molecule has 0 saturated heterocycles. The third-order valence-electron chi connectivity index (χ3n) is 2.98. The van der Waals surface area contributed by atoms with Gasteiger partial charge in [0.2, 0.25) is 0 Å². The fourth-order valence-electron chi connectivity index (χ4n) is 1.39. The average molecular weight is 187 g/mol. The third-order valence-corrected chi connectivity index (χ3v) is 2.98. The Morgan fingerprint density at radius 3 is 2.23 bits per heavy atom. The Balaban J connectivity index is 4.31. The summed E-state index contributed by atoms with van der Waals surface area (Å²) in [5.41, 5.74) is 0.878. The van der Waals surface area contributed by atoms with Gasteiger partial charge in [0.05, 0.1) is 6.33 Å². The molecule has 78 valence electrons. The van der Waals surface area contributed by atoms with Crippen LogP contribution in [0, 0.1) is 0 Å². The SMILES string of the molecule is CC/C(=C\F)[C@H](C)N(C)[C@H](C)CC. The fraction of sp³-hybridized carbons (Fsp3) is 0.818. The van der Waals surface area contributed by atoms with Crippen LogP contribution < -0.4 is 0 Å². The Morgan fingerprint density at radius 1 is 1.38 bits per heavy atom. The molecule has 0 N–H and O–H groups in total. The van der Waals surface area contributed by atoms with Crippen LogP contribution in [0.5, 0.6) is 0 Å². The summed E-state index contributed by atoms with van der Waals surface area (Å²) < 4.78 is 12.4. The minimum Gasteiger partial charge on any atom is -0.297 e. The van der Waals surface area contributed by atoms with Crippen molar-refractivity contribution in [3.05, 3.63) is 11.9 Å². The van der Waals surface area contributed by atoms with Crippen LogP contribution in [0.15, 0.2) is 11.9 Å². The molecule has 0 bridgehead atoms. The van der Waals surface area contributed by atoms with Gasteiger partial charge in [0.1, 0.15) is 0 Å². The summed E-state index contributed by atoms with van der Waals surface area (Å²) in [6, 6.07) is 0.724. The first kappa shape index (κ1) is 12.6. The second kappa shape index (κ2) is 6.14. The van der Waals surface area contributed by atoms with E-state index in [1.54, 1.807) is 0 Å². The molecule has 0 spiro atoms. The molecule has 0 unspecified atom stereocenters. The molecule has 0 saturated carbocycles. The van der Waals surface area contributed by atoms with Gasteiger partial charge < -0.3 is 0 Å². The highest BCUT2D eigenvalue weighted by molar-refractivity contribution is 5.06. The van der Waals surface area contributed by atoms with Crippen LogP contribution in [-0.4, -0.2) is 24.0 Å². The van der Waals surface area contributed by atoms with Gasteiger partial charge in [0.15, 0.2) is 0 Å². The van der Waals surface area contributed by atoms with Crippen LogP contribution >= 0.6 is 0 Å². The zero-order valence-corrected chi connectivity index (χ0v) is 9.47. The molecule has 2 heteroatoms. The molecule has 1 nitrogen and oxygen atoms in total. The van der Waals surface area contributed by atoms with E-state index in [2.05, 4.69) is 32.7 Å². The van der Waals surface area contributed by atoms with E-state index < -0.39 is 0 Å². The number of hydrogen-bond acceptors (Lipinski definition) is 1. The van der Waals surface area contributed by atoms with Gasteiger partial charge in [-0.3, -0.25) is 4.90 Å². The summed E-state index contributed by atoms with van der Waals surface area (Å²) in [6.07, 6.45) is 2.64. The Morgan fingerprint density at radius 2 is 1.92 bits per heavy atom. The molecular formula is C11H22FN. The van der Waals surface area contributed by atoms with E-state index in [0.717, 1.165) is 24.7 Å². The standard InChI is InChI=1S/C11H22FN/c1-6-9(3)13(5)10(4)11(7-2)8-12/h8-10H,6-7H2,1-5H3/b11-8+/t9-,10+/m1/s1. The first-order valence-corrected chi connectivity index (χ1v) is 5.09. The highest BCUT2D eigenvalue weighted by Crippen LogP contribution is 2.16. The van der Waals surface area contributed by atoms with Gasteiger partial charge in [0.25, 0.3) is 0 Å². The lowest BCUT2D eigenvalue weighted by Crippen LogP contribution is -2.37. The van der Waals surface area contributed by atoms with E-state index >= 15 is 0 Å². The summed E-state index contributed by atoms with van der Waals surface area (Å²) in [5, 5.41) is 0. The van der Waals surface area contributed by atoms with Gasteiger partial charge in [-0.2, -0.15) is 0 Å². The number of rotatable bonds is 5. The number of likely N-dealkylation sites (N-methyl/N-ethyl adjacent to an activating group) is 1. The van der Waals surface area contributed by atoms with Gasteiger partial charge in [0, 0.05) is 12.1 Å². The van der Waals surface area contributed by atoms with Crippen LogP contribution in [0.1, 0.15) is 40.5 Å². The molecule has 0 aliphatic heterocycles.